The molecule has 0 aliphatic rings. The van der Waals surface area contributed by atoms with Crippen molar-refractivity contribution in [3.05, 3.63) is 28.8 Å². The van der Waals surface area contributed by atoms with Gasteiger partial charge in [0.1, 0.15) is 4.99 Å². The predicted molar refractivity (Wildman–Crippen MR) is 79.9 cm³/mol. The maximum absolute atomic E-state index is 6.17. The summed E-state index contributed by atoms with van der Waals surface area (Å²) in [6.45, 7) is 7.50. The van der Waals surface area contributed by atoms with Gasteiger partial charge in [-0.25, -0.2) is 0 Å². The first-order valence-electron chi connectivity index (χ1n) is 5.69. The summed E-state index contributed by atoms with van der Waals surface area (Å²) in [6.07, 6.45) is 1.11. The Morgan fingerprint density at radius 1 is 1.47 bits per heavy atom. The van der Waals surface area contributed by atoms with E-state index in [0.29, 0.717) is 10.0 Å². The summed E-state index contributed by atoms with van der Waals surface area (Å²) in [7, 11) is 0. The van der Waals surface area contributed by atoms with E-state index in [0.717, 1.165) is 24.2 Å². The van der Waals surface area contributed by atoms with Gasteiger partial charge in [-0.15, -0.1) is 0 Å². The molecule has 0 unspecified atom stereocenters. The first-order valence-corrected chi connectivity index (χ1v) is 6.47. The van der Waals surface area contributed by atoms with Gasteiger partial charge in [0.05, 0.1) is 10.7 Å². The third-order valence-corrected chi connectivity index (χ3v) is 3.52. The zero-order valence-electron chi connectivity index (χ0n) is 10.5. The van der Waals surface area contributed by atoms with Crippen molar-refractivity contribution in [1.82, 2.24) is 0 Å². The van der Waals surface area contributed by atoms with E-state index >= 15 is 0 Å². The maximum Gasteiger partial charge on any atom is 0.104 e. The van der Waals surface area contributed by atoms with Gasteiger partial charge in [0, 0.05) is 12.1 Å². The molecule has 2 nitrogen and oxygen atoms in total. The predicted octanol–water partition coefficient (Wildman–Crippen LogP) is 3.82. The summed E-state index contributed by atoms with van der Waals surface area (Å²) >= 11 is 11.1. The third kappa shape index (κ3) is 4.17. The summed E-state index contributed by atoms with van der Waals surface area (Å²) in [5, 5.41) is 4.01. The van der Waals surface area contributed by atoms with Gasteiger partial charge in [0.15, 0.2) is 0 Å². The Morgan fingerprint density at radius 3 is 2.59 bits per heavy atom. The SMILES string of the molecule is CCC(C)(C)CNc1ccc(C(N)=S)cc1Cl. The monoisotopic (exact) mass is 270 g/mol. The zero-order chi connectivity index (χ0) is 13.1. The summed E-state index contributed by atoms with van der Waals surface area (Å²) in [6, 6.07) is 5.60. The molecule has 0 fully saturated rings. The van der Waals surface area contributed by atoms with Crippen molar-refractivity contribution in [2.75, 3.05) is 11.9 Å². The molecule has 3 N–H and O–H groups in total. The highest BCUT2D eigenvalue weighted by atomic mass is 35.5. The molecule has 0 amide bonds. The number of halogens is 1. The number of hydrogen-bond donors (Lipinski definition) is 2. The number of benzene rings is 1. The average Bonchev–Trinajstić information content (AvgIpc) is 2.27. The summed E-state index contributed by atoms with van der Waals surface area (Å²) in [5.74, 6) is 0. The van der Waals surface area contributed by atoms with E-state index in [1.807, 2.05) is 12.1 Å². The van der Waals surface area contributed by atoms with Crippen LogP contribution in [0.4, 0.5) is 5.69 Å². The minimum absolute atomic E-state index is 0.255. The summed E-state index contributed by atoms with van der Waals surface area (Å²) in [4.78, 5) is 0.368. The van der Waals surface area contributed by atoms with Gasteiger partial charge in [0.25, 0.3) is 0 Å². The highest BCUT2D eigenvalue weighted by molar-refractivity contribution is 7.80. The molecule has 1 aromatic carbocycles. The lowest BCUT2D eigenvalue weighted by molar-refractivity contribution is 0.377. The van der Waals surface area contributed by atoms with E-state index in [2.05, 4.69) is 26.1 Å². The van der Waals surface area contributed by atoms with Crippen molar-refractivity contribution in [2.45, 2.75) is 27.2 Å². The Bertz CT molecular complexity index is 416. The van der Waals surface area contributed by atoms with E-state index < -0.39 is 0 Å². The fourth-order valence-electron chi connectivity index (χ4n) is 1.27. The van der Waals surface area contributed by atoms with Crippen molar-refractivity contribution in [1.29, 1.82) is 0 Å². The lowest BCUT2D eigenvalue weighted by Gasteiger charge is -2.24. The van der Waals surface area contributed by atoms with Gasteiger partial charge in [-0.2, -0.15) is 0 Å². The van der Waals surface area contributed by atoms with Crippen molar-refractivity contribution in [3.63, 3.8) is 0 Å². The number of anilines is 1. The van der Waals surface area contributed by atoms with Crippen LogP contribution in [0.2, 0.25) is 5.02 Å². The molecule has 17 heavy (non-hydrogen) atoms. The van der Waals surface area contributed by atoms with Crippen LogP contribution in [0.1, 0.15) is 32.8 Å². The molecule has 0 bridgehead atoms. The number of rotatable bonds is 5. The fourth-order valence-corrected chi connectivity index (χ4v) is 1.65. The number of thiocarbonyl (C=S) groups is 1. The normalized spacial score (nSPS) is 11.3. The first kappa shape index (κ1) is 14.3. The Hall–Kier alpha value is -0.800. The van der Waals surface area contributed by atoms with Crippen LogP contribution in [0, 0.1) is 5.41 Å². The van der Waals surface area contributed by atoms with Gasteiger partial charge in [-0.1, -0.05) is 44.6 Å². The van der Waals surface area contributed by atoms with Crippen LogP contribution in [0.25, 0.3) is 0 Å². The molecule has 94 valence electrons. The van der Waals surface area contributed by atoms with Crippen LogP contribution in [0.15, 0.2) is 18.2 Å². The van der Waals surface area contributed by atoms with E-state index in [4.69, 9.17) is 29.6 Å². The third-order valence-electron chi connectivity index (χ3n) is 2.97. The minimum Gasteiger partial charge on any atom is -0.389 e. The van der Waals surface area contributed by atoms with Gasteiger partial charge in [-0.3, -0.25) is 0 Å². The summed E-state index contributed by atoms with van der Waals surface area (Å²) in [5.41, 5.74) is 7.53. The molecule has 4 heteroatoms. The highest BCUT2D eigenvalue weighted by Crippen LogP contribution is 2.26. The van der Waals surface area contributed by atoms with Gasteiger partial charge in [-0.05, 0) is 30.0 Å². The Morgan fingerprint density at radius 2 is 2.12 bits per heavy atom. The Balaban J connectivity index is 2.77. The molecule has 0 spiro atoms. The van der Waals surface area contributed by atoms with E-state index in [9.17, 15) is 0 Å². The number of hydrogen-bond acceptors (Lipinski definition) is 2. The van der Waals surface area contributed by atoms with Gasteiger partial charge < -0.3 is 11.1 Å². The molecule has 1 rings (SSSR count). The standard InChI is InChI=1S/C13H19ClN2S/c1-4-13(2,3)8-16-11-6-5-9(12(15)17)7-10(11)14/h5-7,16H,4,8H2,1-3H3,(H2,15,17). The molecule has 0 aromatic heterocycles. The van der Waals surface area contributed by atoms with Crippen molar-refractivity contribution < 1.29 is 0 Å². The van der Waals surface area contributed by atoms with E-state index in [-0.39, 0.29) is 5.41 Å². The molecule has 0 aliphatic carbocycles. The zero-order valence-corrected chi connectivity index (χ0v) is 12.1. The second-order valence-electron chi connectivity index (χ2n) is 4.93. The molecule has 0 saturated carbocycles. The second kappa shape index (κ2) is 5.69. The van der Waals surface area contributed by atoms with Crippen LogP contribution >= 0.6 is 23.8 Å². The van der Waals surface area contributed by atoms with Crippen LogP contribution in [-0.4, -0.2) is 11.5 Å². The Labute approximate surface area is 114 Å². The molecule has 0 heterocycles. The molecule has 0 aliphatic heterocycles. The quantitative estimate of drug-likeness (QED) is 0.799. The average molecular weight is 271 g/mol. The number of nitrogens with two attached hydrogens (primary N) is 1. The minimum atomic E-state index is 0.255. The smallest absolute Gasteiger partial charge is 0.104 e. The second-order valence-corrected chi connectivity index (χ2v) is 5.78. The van der Waals surface area contributed by atoms with Crippen molar-refractivity contribution in [3.8, 4) is 0 Å². The van der Waals surface area contributed by atoms with Gasteiger partial charge >= 0.3 is 0 Å². The molecule has 0 radical (unpaired) electrons. The van der Waals surface area contributed by atoms with Crippen LogP contribution in [-0.2, 0) is 0 Å². The van der Waals surface area contributed by atoms with E-state index in [1.54, 1.807) is 6.07 Å². The first-order chi connectivity index (χ1) is 7.85. The largest absolute Gasteiger partial charge is 0.389 e. The summed E-state index contributed by atoms with van der Waals surface area (Å²) < 4.78 is 0. The molecule has 0 saturated heterocycles. The lowest BCUT2D eigenvalue weighted by atomic mass is 9.90. The van der Waals surface area contributed by atoms with Crippen molar-refractivity contribution in [2.24, 2.45) is 11.1 Å². The van der Waals surface area contributed by atoms with Crippen LogP contribution in [0.3, 0.4) is 0 Å². The Kier molecular flexibility index (Phi) is 4.78. The van der Waals surface area contributed by atoms with Crippen molar-refractivity contribution >= 4 is 34.5 Å². The van der Waals surface area contributed by atoms with E-state index in [1.165, 1.54) is 0 Å². The molecular weight excluding hydrogens is 252 g/mol. The van der Waals surface area contributed by atoms with Crippen LogP contribution < -0.4 is 11.1 Å². The lowest BCUT2D eigenvalue weighted by Crippen LogP contribution is -2.22. The number of nitrogens with one attached hydrogen (secondary N) is 1. The fraction of sp³-hybridized carbons (Fsp3) is 0.462. The molecule has 1 aromatic rings. The maximum atomic E-state index is 6.17. The molecule has 0 atom stereocenters. The highest BCUT2D eigenvalue weighted by Gasteiger charge is 2.15. The van der Waals surface area contributed by atoms with Crippen LogP contribution in [0.5, 0.6) is 0 Å². The molecular formula is C13H19ClN2S. The van der Waals surface area contributed by atoms with Gasteiger partial charge in [0.2, 0.25) is 0 Å². The topological polar surface area (TPSA) is 38.0 Å².